The van der Waals surface area contributed by atoms with Crippen molar-refractivity contribution < 1.29 is 29.4 Å². The summed E-state index contributed by atoms with van der Waals surface area (Å²) in [7, 11) is 0. The van der Waals surface area contributed by atoms with E-state index in [9.17, 15) is 29.4 Å². The van der Waals surface area contributed by atoms with Gasteiger partial charge in [0, 0.05) is 60.1 Å². The molecular formula is C30H36N6O6. The molecule has 4 amide bonds. The molecular weight excluding hydrogens is 540 g/mol. The Balaban J connectivity index is 1.08. The molecule has 0 fully saturated rings. The number of hydrogen-bond donors (Lipinski definition) is 8. The Hall–Kier alpha value is -5.00. The Morgan fingerprint density at radius 3 is 1.43 bits per heavy atom. The second-order valence-corrected chi connectivity index (χ2v) is 10.1. The molecule has 0 aliphatic rings. The second-order valence-electron chi connectivity index (χ2n) is 10.1. The predicted octanol–water partition coefficient (Wildman–Crippen LogP) is 3.50. The molecule has 0 unspecified atom stereocenters. The van der Waals surface area contributed by atoms with Crippen LogP contribution in [0.5, 0.6) is 0 Å². The number of carboxylic acid groups (broad SMARTS) is 2. The molecule has 0 bridgehead atoms. The van der Waals surface area contributed by atoms with Gasteiger partial charge in [0.25, 0.3) is 0 Å². The SMILES string of the molecule is O=C(NCCCCCCNC(=O)N[C@H](Cc1c[nH]c2ccccc12)C(=O)O)N[C@@H](Cc1c[nH]c2ccccc12)C(=O)O. The van der Waals surface area contributed by atoms with Gasteiger partial charge in [-0.15, -0.1) is 0 Å². The monoisotopic (exact) mass is 576 g/mol. The highest BCUT2D eigenvalue weighted by atomic mass is 16.4. The van der Waals surface area contributed by atoms with Crippen LogP contribution >= 0.6 is 0 Å². The number of carbonyl (C=O) groups is 4. The van der Waals surface area contributed by atoms with E-state index < -0.39 is 36.1 Å². The molecule has 2 aromatic carbocycles. The van der Waals surface area contributed by atoms with Gasteiger partial charge in [-0.05, 0) is 36.1 Å². The summed E-state index contributed by atoms with van der Waals surface area (Å²) in [6.45, 7) is 0.764. The fourth-order valence-electron chi connectivity index (χ4n) is 4.87. The van der Waals surface area contributed by atoms with Crippen molar-refractivity contribution in [2.75, 3.05) is 13.1 Å². The Kier molecular flexibility index (Phi) is 10.4. The number of para-hydroxylation sites is 2. The molecule has 4 aromatic rings. The van der Waals surface area contributed by atoms with E-state index in [0.29, 0.717) is 25.9 Å². The number of aliphatic carboxylic acids is 2. The van der Waals surface area contributed by atoms with Crippen LogP contribution in [0.4, 0.5) is 9.59 Å². The molecule has 0 aliphatic heterocycles. The molecule has 0 aliphatic carbocycles. The Morgan fingerprint density at radius 2 is 1.02 bits per heavy atom. The number of carboxylic acids is 2. The molecule has 2 aromatic heterocycles. The highest BCUT2D eigenvalue weighted by Crippen LogP contribution is 2.20. The molecule has 2 atom stereocenters. The van der Waals surface area contributed by atoms with Crippen LogP contribution in [0.1, 0.15) is 36.8 Å². The largest absolute Gasteiger partial charge is 0.480 e. The topological polar surface area (TPSA) is 188 Å². The lowest BCUT2D eigenvalue weighted by Gasteiger charge is -2.15. The van der Waals surface area contributed by atoms with Crippen molar-refractivity contribution in [2.45, 2.75) is 50.6 Å². The van der Waals surface area contributed by atoms with Gasteiger partial charge in [-0.25, -0.2) is 19.2 Å². The molecule has 0 saturated carbocycles. The minimum absolute atomic E-state index is 0.156. The van der Waals surface area contributed by atoms with E-state index in [2.05, 4.69) is 31.2 Å². The summed E-state index contributed by atoms with van der Waals surface area (Å²) in [4.78, 5) is 54.2. The summed E-state index contributed by atoms with van der Waals surface area (Å²) in [6, 6.07) is 11.9. The lowest BCUT2D eigenvalue weighted by molar-refractivity contribution is -0.140. The summed E-state index contributed by atoms with van der Waals surface area (Å²) in [6.07, 6.45) is 6.78. The predicted molar refractivity (Wildman–Crippen MR) is 158 cm³/mol. The zero-order chi connectivity index (χ0) is 29.9. The average molecular weight is 577 g/mol. The third kappa shape index (κ3) is 8.26. The van der Waals surface area contributed by atoms with Crippen molar-refractivity contribution in [3.63, 3.8) is 0 Å². The number of amides is 4. The molecule has 2 heterocycles. The fraction of sp³-hybridized carbons (Fsp3) is 0.333. The van der Waals surface area contributed by atoms with Crippen LogP contribution in [0.3, 0.4) is 0 Å². The first kappa shape index (κ1) is 30.0. The molecule has 0 saturated heterocycles. The number of carbonyl (C=O) groups excluding carboxylic acids is 2. The number of hydrogen-bond acceptors (Lipinski definition) is 4. The third-order valence-corrected chi connectivity index (χ3v) is 7.08. The highest BCUT2D eigenvalue weighted by molar-refractivity contribution is 5.87. The minimum atomic E-state index is -1.11. The molecule has 12 heteroatoms. The molecule has 8 N–H and O–H groups in total. The third-order valence-electron chi connectivity index (χ3n) is 7.08. The maximum atomic E-state index is 12.3. The number of aromatic amines is 2. The van der Waals surface area contributed by atoms with E-state index in [1.807, 2.05) is 48.5 Å². The number of urea groups is 2. The molecule has 42 heavy (non-hydrogen) atoms. The normalized spacial score (nSPS) is 12.5. The van der Waals surface area contributed by atoms with Crippen molar-refractivity contribution in [1.29, 1.82) is 0 Å². The Bertz CT molecular complexity index is 1410. The van der Waals surface area contributed by atoms with Gasteiger partial charge in [-0.3, -0.25) is 0 Å². The molecule has 222 valence electrons. The lowest BCUT2D eigenvalue weighted by Crippen LogP contribution is -2.47. The van der Waals surface area contributed by atoms with Gasteiger partial charge in [0.1, 0.15) is 12.1 Å². The summed E-state index contributed by atoms with van der Waals surface area (Å²) in [5.41, 5.74) is 3.44. The summed E-state index contributed by atoms with van der Waals surface area (Å²) in [5, 5.41) is 31.4. The van der Waals surface area contributed by atoms with E-state index in [4.69, 9.17) is 0 Å². The average Bonchev–Trinajstić information content (AvgIpc) is 3.57. The zero-order valence-corrected chi connectivity index (χ0v) is 23.1. The minimum Gasteiger partial charge on any atom is -0.480 e. The number of H-pyrrole nitrogens is 2. The van der Waals surface area contributed by atoms with Crippen LogP contribution in [0.2, 0.25) is 0 Å². The van der Waals surface area contributed by atoms with Crippen molar-refractivity contribution >= 4 is 45.8 Å². The van der Waals surface area contributed by atoms with E-state index >= 15 is 0 Å². The van der Waals surface area contributed by atoms with E-state index in [-0.39, 0.29) is 12.8 Å². The maximum absolute atomic E-state index is 12.3. The zero-order valence-electron chi connectivity index (χ0n) is 23.1. The second kappa shape index (κ2) is 14.6. The molecule has 0 radical (unpaired) electrons. The summed E-state index contributed by atoms with van der Waals surface area (Å²) >= 11 is 0. The van der Waals surface area contributed by atoms with Crippen LogP contribution in [-0.2, 0) is 22.4 Å². The van der Waals surface area contributed by atoms with Gasteiger partial charge in [0.05, 0.1) is 0 Å². The van der Waals surface area contributed by atoms with Crippen LogP contribution in [0.25, 0.3) is 21.8 Å². The number of aromatic nitrogens is 2. The fourth-order valence-corrected chi connectivity index (χ4v) is 4.87. The highest BCUT2D eigenvalue weighted by Gasteiger charge is 2.23. The van der Waals surface area contributed by atoms with Crippen molar-refractivity contribution in [1.82, 2.24) is 31.2 Å². The molecule has 0 spiro atoms. The van der Waals surface area contributed by atoms with Crippen molar-refractivity contribution in [3.8, 4) is 0 Å². The van der Waals surface area contributed by atoms with Crippen LogP contribution in [0, 0.1) is 0 Å². The smallest absolute Gasteiger partial charge is 0.326 e. The maximum Gasteiger partial charge on any atom is 0.326 e. The first-order chi connectivity index (χ1) is 20.3. The van der Waals surface area contributed by atoms with Crippen LogP contribution in [0.15, 0.2) is 60.9 Å². The van der Waals surface area contributed by atoms with E-state index in [1.54, 1.807) is 12.4 Å². The van der Waals surface area contributed by atoms with Gasteiger partial charge in [0.15, 0.2) is 0 Å². The summed E-state index contributed by atoms with van der Waals surface area (Å²) in [5.74, 6) is -2.22. The van der Waals surface area contributed by atoms with Gasteiger partial charge in [-0.1, -0.05) is 49.2 Å². The quantitative estimate of drug-likeness (QED) is 0.1000. The molecule has 4 rings (SSSR count). The van der Waals surface area contributed by atoms with Gasteiger partial charge >= 0.3 is 24.0 Å². The van der Waals surface area contributed by atoms with Gasteiger partial charge < -0.3 is 41.4 Å². The lowest BCUT2D eigenvalue weighted by atomic mass is 10.1. The van der Waals surface area contributed by atoms with Crippen LogP contribution < -0.4 is 21.3 Å². The number of benzene rings is 2. The van der Waals surface area contributed by atoms with Crippen LogP contribution in [-0.4, -0.2) is 69.4 Å². The Labute approximate surface area is 242 Å². The van der Waals surface area contributed by atoms with Crippen molar-refractivity contribution in [3.05, 3.63) is 72.1 Å². The van der Waals surface area contributed by atoms with E-state index in [0.717, 1.165) is 45.8 Å². The standard InChI is InChI=1S/C30H36N6O6/c37-27(38)25(15-19-17-33-23-11-5-3-9-21(19)23)35-29(41)31-13-7-1-2-8-14-32-30(42)36-26(28(39)40)16-20-18-34-24-12-6-4-10-22(20)24/h3-6,9-12,17-18,25-26,33-34H,1-2,7-8,13-16H2,(H,37,38)(H,39,40)(H2,31,35,41)(H2,32,36,42)/t25-,26+. The van der Waals surface area contributed by atoms with Gasteiger partial charge in [0.2, 0.25) is 0 Å². The number of nitrogens with one attached hydrogen (secondary N) is 6. The van der Waals surface area contributed by atoms with Gasteiger partial charge in [-0.2, -0.15) is 0 Å². The number of fused-ring (bicyclic) bond motifs is 2. The first-order valence-electron chi connectivity index (χ1n) is 14.0. The first-order valence-corrected chi connectivity index (χ1v) is 14.0. The Morgan fingerprint density at radius 1 is 0.619 bits per heavy atom. The van der Waals surface area contributed by atoms with Crippen molar-refractivity contribution in [2.24, 2.45) is 0 Å². The summed E-state index contributed by atoms with van der Waals surface area (Å²) < 4.78 is 0. The molecule has 12 nitrogen and oxygen atoms in total. The number of unbranched alkanes of at least 4 members (excludes halogenated alkanes) is 3. The van der Waals surface area contributed by atoms with E-state index in [1.165, 1.54) is 0 Å². The number of rotatable bonds is 15.